The summed E-state index contributed by atoms with van der Waals surface area (Å²) in [6, 6.07) is 2.71. The molecule has 1 saturated heterocycles. The highest BCUT2D eigenvalue weighted by Crippen LogP contribution is 2.33. The minimum atomic E-state index is -1.44. The number of hydrogen-bond donors (Lipinski definition) is 2. The van der Waals surface area contributed by atoms with Crippen LogP contribution in [0.1, 0.15) is 29.8 Å². The lowest BCUT2D eigenvalue weighted by Crippen LogP contribution is -2.30. The molecule has 1 aliphatic heterocycles. The Hall–Kier alpha value is -2.97. The molecule has 3 rings (SSSR count). The number of benzene rings is 1. The first kappa shape index (κ1) is 14.9. The number of carbonyl (C=O) groups is 1. The van der Waals surface area contributed by atoms with Gasteiger partial charge in [-0.3, -0.25) is 14.9 Å². The van der Waals surface area contributed by atoms with Crippen LogP contribution in [0.5, 0.6) is 0 Å². The molecule has 0 radical (unpaired) electrons. The second-order valence-electron chi connectivity index (χ2n) is 5.38. The molecule has 9 nitrogen and oxygen atoms in total. The highest BCUT2D eigenvalue weighted by Gasteiger charge is 2.23. The van der Waals surface area contributed by atoms with Crippen molar-refractivity contribution in [3.8, 4) is 0 Å². The summed E-state index contributed by atoms with van der Waals surface area (Å²) in [5.74, 6) is -1.44. The fourth-order valence-corrected chi connectivity index (χ4v) is 2.79. The number of carboxylic acids is 1. The van der Waals surface area contributed by atoms with E-state index in [1.807, 2.05) is 4.90 Å². The number of rotatable bonds is 3. The lowest BCUT2D eigenvalue weighted by Gasteiger charge is -2.28. The summed E-state index contributed by atoms with van der Waals surface area (Å²) >= 11 is 0. The van der Waals surface area contributed by atoms with Crippen LogP contribution in [0.3, 0.4) is 0 Å². The number of piperidine rings is 1. The molecule has 0 unspecified atom stereocenters. The van der Waals surface area contributed by atoms with E-state index >= 15 is 0 Å². The van der Waals surface area contributed by atoms with Gasteiger partial charge in [-0.05, 0) is 25.3 Å². The van der Waals surface area contributed by atoms with Crippen molar-refractivity contribution in [2.24, 2.45) is 0 Å². The van der Waals surface area contributed by atoms with Gasteiger partial charge in [-0.15, -0.1) is 0 Å². The van der Waals surface area contributed by atoms with Gasteiger partial charge < -0.3 is 15.0 Å². The van der Waals surface area contributed by atoms with Crippen molar-refractivity contribution in [2.75, 3.05) is 18.0 Å². The summed E-state index contributed by atoms with van der Waals surface area (Å²) in [4.78, 5) is 41.6. The van der Waals surface area contributed by atoms with Crippen molar-refractivity contribution in [1.29, 1.82) is 0 Å². The van der Waals surface area contributed by atoms with Gasteiger partial charge in [-0.25, -0.2) is 9.78 Å². The first-order valence-corrected chi connectivity index (χ1v) is 7.18. The van der Waals surface area contributed by atoms with Crippen LogP contribution in [0.15, 0.2) is 16.9 Å². The first-order chi connectivity index (χ1) is 11.0. The number of anilines is 1. The Kier molecular flexibility index (Phi) is 3.68. The number of nitrogens with one attached hydrogen (secondary N) is 1. The highest BCUT2D eigenvalue weighted by molar-refractivity contribution is 5.90. The van der Waals surface area contributed by atoms with Crippen LogP contribution in [0.2, 0.25) is 0 Å². The Bertz CT molecular complexity index is 854. The smallest absolute Gasteiger partial charge is 0.360 e. The molecule has 2 N–H and O–H groups in total. The Morgan fingerprint density at radius 2 is 2.00 bits per heavy atom. The first-order valence-electron chi connectivity index (χ1n) is 7.18. The molecule has 23 heavy (non-hydrogen) atoms. The summed E-state index contributed by atoms with van der Waals surface area (Å²) in [5, 5.41) is 20.3. The monoisotopic (exact) mass is 318 g/mol. The second-order valence-corrected chi connectivity index (χ2v) is 5.38. The van der Waals surface area contributed by atoms with Crippen LogP contribution in [-0.2, 0) is 0 Å². The molecule has 0 atom stereocenters. The summed E-state index contributed by atoms with van der Waals surface area (Å²) in [7, 11) is 0. The van der Waals surface area contributed by atoms with Crippen LogP contribution in [0, 0.1) is 10.1 Å². The molecule has 1 aromatic carbocycles. The molecule has 1 aromatic heterocycles. The maximum Gasteiger partial charge on any atom is 0.360 e. The van der Waals surface area contributed by atoms with Crippen LogP contribution in [0.25, 0.3) is 11.0 Å². The molecule has 2 heterocycles. The predicted molar refractivity (Wildman–Crippen MR) is 82.0 cm³/mol. The van der Waals surface area contributed by atoms with Crippen molar-refractivity contribution in [3.63, 3.8) is 0 Å². The number of aromatic nitrogens is 2. The third-order valence-electron chi connectivity index (χ3n) is 3.88. The highest BCUT2D eigenvalue weighted by atomic mass is 16.6. The molecule has 9 heteroatoms. The van der Waals surface area contributed by atoms with Gasteiger partial charge in [0.1, 0.15) is 5.69 Å². The summed E-state index contributed by atoms with van der Waals surface area (Å²) in [5.41, 5.74) is -0.875. The molecule has 1 fully saturated rings. The molecule has 0 saturated carbocycles. The maximum absolute atomic E-state index is 11.7. The number of nitro benzene ring substituents is 1. The fourth-order valence-electron chi connectivity index (χ4n) is 2.79. The fraction of sp³-hybridized carbons (Fsp3) is 0.357. The Labute approximate surface area is 129 Å². The number of nitrogens with zero attached hydrogens (tertiary/aromatic N) is 3. The normalized spacial score (nSPS) is 14.9. The van der Waals surface area contributed by atoms with Crippen LogP contribution in [-0.4, -0.2) is 39.1 Å². The topological polar surface area (TPSA) is 129 Å². The van der Waals surface area contributed by atoms with Gasteiger partial charge in [0, 0.05) is 19.2 Å². The Morgan fingerprint density at radius 3 is 2.61 bits per heavy atom. The Morgan fingerprint density at radius 1 is 1.30 bits per heavy atom. The van der Waals surface area contributed by atoms with E-state index in [0.29, 0.717) is 18.8 Å². The van der Waals surface area contributed by atoms with E-state index in [2.05, 4.69) is 9.97 Å². The van der Waals surface area contributed by atoms with Gasteiger partial charge in [0.2, 0.25) is 5.69 Å². The molecule has 0 spiro atoms. The minimum Gasteiger partial charge on any atom is -0.476 e. The van der Waals surface area contributed by atoms with Crippen molar-refractivity contribution < 1.29 is 14.8 Å². The number of aromatic amines is 1. The number of H-pyrrole nitrogens is 1. The second kappa shape index (κ2) is 5.67. The van der Waals surface area contributed by atoms with Gasteiger partial charge in [-0.2, -0.15) is 0 Å². The quantitative estimate of drug-likeness (QED) is 0.648. The minimum absolute atomic E-state index is 0.125. The average molecular weight is 318 g/mol. The van der Waals surface area contributed by atoms with E-state index in [-0.39, 0.29) is 16.7 Å². The van der Waals surface area contributed by atoms with E-state index in [1.54, 1.807) is 0 Å². The van der Waals surface area contributed by atoms with Crippen molar-refractivity contribution in [1.82, 2.24) is 9.97 Å². The van der Waals surface area contributed by atoms with E-state index in [9.17, 15) is 19.7 Å². The van der Waals surface area contributed by atoms with Crippen LogP contribution in [0.4, 0.5) is 11.4 Å². The zero-order valence-corrected chi connectivity index (χ0v) is 12.1. The van der Waals surface area contributed by atoms with Gasteiger partial charge in [0.25, 0.3) is 11.2 Å². The molecule has 2 aromatic rings. The molecule has 0 bridgehead atoms. The van der Waals surface area contributed by atoms with Gasteiger partial charge >= 0.3 is 5.97 Å². The van der Waals surface area contributed by atoms with Gasteiger partial charge in [-0.1, -0.05) is 0 Å². The molecule has 120 valence electrons. The predicted octanol–water partition coefficient (Wildman–Crippen LogP) is 1.52. The van der Waals surface area contributed by atoms with Crippen LogP contribution < -0.4 is 10.5 Å². The number of carboxylic acid groups (broad SMARTS) is 1. The molecular weight excluding hydrogens is 304 g/mol. The summed E-state index contributed by atoms with van der Waals surface area (Å²) in [6.07, 6.45) is 2.95. The molecular formula is C14H14N4O5. The van der Waals surface area contributed by atoms with Crippen molar-refractivity contribution >= 4 is 28.4 Å². The molecule has 0 amide bonds. The SMILES string of the molecule is O=C(O)c1nc2cc(N3CCCCC3)c([N+](=O)[O-])cc2[nH]c1=O. The van der Waals surface area contributed by atoms with Crippen LogP contribution >= 0.6 is 0 Å². The molecule has 0 aliphatic carbocycles. The van der Waals surface area contributed by atoms with Gasteiger partial charge in [0.15, 0.2) is 0 Å². The summed E-state index contributed by atoms with van der Waals surface area (Å²) < 4.78 is 0. The van der Waals surface area contributed by atoms with Gasteiger partial charge in [0.05, 0.1) is 16.0 Å². The number of hydrogen-bond acceptors (Lipinski definition) is 6. The zero-order valence-electron chi connectivity index (χ0n) is 12.1. The average Bonchev–Trinajstić information content (AvgIpc) is 2.53. The maximum atomic E-state index is 11.7. The number of aromatic carboxylic acids is 1. The lowest BCUT2D eigenvalue weighted by molar-refractivity contribution is -0.384. The van der Waals surface area contributed by atoms with E-state index < -0.39 is 22.1 Å². The van der Waals surface area contributed by atoms with E-state index in [4.69, 9.17) is 5.11 Å². The van der Waals surface area contributed by atoms with E-state index in [0.717, 1.165) is 19.3 Å². The van der Waals surface area contributed by atoms with Crippen molar-refractivity contribution in [3.05, 3.63) is 38.3 Å². The largest absolute Gasteiger partial charge is 0.476 e. The molecule has 1 aliphatic rings. The Balaban J connectivity index is 2.22. The zero-order chi connectivity index (χ0) is 16.6. The third-order valence-corrected chi connectivity index (χ3v) is 3.88. The third kappa shape index (κ3) is 2.72. The van der Waals surface area contributed by atoms with E-state index in [1.165, 1.54) is 12.1 Å². The van der Waals surface area contributed by atoms with Crippen molar-refractivity contribution in [2.45, 2.75) is 19.3 Å². The summed E-state index contributed by atoms with van der Waals surface area (Å²) in [6.45, 7) is 1.39. The number of nitro groups is 1. The lowest BCUT2D eigenvalue weighted by atomic mass is 10.1. The standard InChI is InChI=1S/C14H14N4O5/c19-13-12(14(20)21)15-8-6-10(17-4-2-1-3-5-17)11(18(22)23)7-9(8)16-13/h6-7H,1-5H2,(H,16,19)(H,20,21). The number of fused-ring (bicyclic) bond motifs is 1.